The second kappa shape index (κ2) is 4.33. The third kappa shape index (κ3) is 1.82. The Morgan fingerprint density at radius 2 is 2.25 bits per heavy atom. The van der Waals surface area contributed by atoms with Gasteiger partial charge in [0.25, 0.3) is 0 Å². The van der Waals surface area contributed by atoms with Crippen LogP contribution in [0.2, 0.25) is 0 Å². The molecule has 2 bridgehead atoms. The van der Waals surface area contributed by atoms with E-state index in [1.54, 1.807) is 12.1 Å². The van der Waals surface area contributed by atoms with Crippen LogP contribution in [0.4, 0.5) is 0 Å². The summed E-state index contributed by atoms with van der Waals surface area (Å²) in [6.45, 7) is 1.03. The van der Waals surface area contributed by atoms with Gasteiger partial charge in [-0.05, 0) is 55.2 Å². The van der Waals surface area contributed by atoms with E-state index < -0.39 is 5.97 Å². The van der Waals surface area contributed by atoms with Crippen LogP contribution in [0.1, 0.15) is 36.0 Å². The molecule has 1 N–H and O–H groups in total. The van der Waals surface area contributed by atoms with E-state index in [0.717, 1.165) is 35.3 Å². The number of hydrogen-bond donors (Lipinski definition) is 1. The topological polar surface area (TPSA) is 55.1 Å². The monoisotopic (exact) mass is 270 g/mol. The molecule has 0 amide bonds. The summed E-state index contributed by atoms with van der Waals surface area (Å²) < 4.78 is 2.20. The lowest BCUT2D eigenvalue weighted by atomic mass is 9.89. The summed E-state index contributed by atoms with van der Waals surface area (Å²) in [6.07, 6.45) is 7.46. The molecule has 4 heteroatoms. The van der Waals surface area contributed by atoms with E-state index in [1.165, 1.54) is 25.7 Å². The average molecular weight is 270 g/mol. The molecule has 0 aliphatic heterocycles. The van der Waals surface area contributed by atoms with Crippen LogP contribution in [-0.2, 0) is 6.54 Å². The zero-order valence-electron chi connectivity index (χ0n) is 11.3. The van der Waals surface area contributed by atoms with Gasteiger partial charge in [-0.2, -0.15) is 0 Å². The van der Waals surface area contributed by atoms with Gasteiger partial charge in [0.05, 0.1) is 22.9 Å². The van der Waals surface area contributed by atoms with E-state index in [1.807, 2.05) is 12.4 Å². The van der Waals surface area contributed by atoms with Crippen molar-refractivity contribution in [3.63, 3.8) is 0 Å². The van der Waals surface area contributed by atoms with Crippen molar-refractivity contribution in [3.8, 4) is 0 Å². The Kier molecular flexibility index (Phi) is 2.59. The number of carboxylic acid groups (broad SMARTS) is 1. The quantitative estimate of drug-likeness (QED) is 0.932. The molecule has 104 valence electrons. The Morgan fingerprint density at radius 3 is 2.95 bits per heavy atom. The Balaban J connectivity index is 1.62. The highest BCUT2D eigenvalue weighted by Crippen LogP contribution is 2.48. The van der Waals surface area contributed by atoms with Gasteiger partial charge in [-0.25, -0.2) is 9.78 Å². The van der Waals surface area contributed by atoms with E-state index in [4.69, 9.17) is 5.11 Å². The summed E-state index contributed by atoms with van der Waals surface area (Å²) >= 11 is 0. The maximum absolute atomic E-state index is 11.0. The van der Waals surface area contributed by atoms with Crippen LogP contribution in [0, 0.1) is 17.8 Å². The molecule has 1 aromatic carbocycles. The summed E-state index contributed by atoms with van der Waals surface area (Å²) in [5.41, 5.74) is 2.15. The minimum Gasteiger partial charge on any atom is -0.478 e. The predicted octanol–water partition coefficient (Wildman–Crippen LogP) is 3.17. The lowest BCUT2D eigenvalue weighted by Gasteiger charge is -2.22. The molecule has 4 nitrogen and oxygen atoms in total. The summed E-state index contributed by atoms with van der Waals surface area (Å²) in [6, 6.07) is 5.22. The average Bonchev–Trinajstić information content (AvgIpc) is 3.14. The molecule has 0 spiro atoms. The number of imidazole rings is 1. The van der Waals surface area contributed by atoms with Crippen LogP contribution in [0.15, 0.2) is 24.5 Å². The van der Waals surface area contributed by atoms with Crippen molar-refractivity contribution in [2.24, 2.45) is 17.8 Å². The lowest BCUT2D eigenvalue weighted by Crippen LogP contribution is -2.16. The molecule has 20 heavy (non-hydrogen) atoms. The highest BCUT2D eigenvalue weighted by Gasteiger charge is 2.39. The fourth-order valence-electron chi connectivity index (χ4n) is 4.20. The molecule has 3 atom stereocenters. The van der Waals surface area contributed by atoms with Crippen molar-refractivity contribution in [1.82, 2.24) is 9.55 Å². The van der Waals surface area contributed by atoms with Gasteiger partial charge in [0.1, 0.15) is 0 Å². The summed E-state index contributed by atoms with van der Waals surface area (Å²) in [5, 5.41) is 9.02. The van der Waals surface area contributed by atoms with Crippen LogP contribution in [0.3, 0.4) is 0 Å². The Hall–Kier alpha value is -1.84. The fraction of sp³-hybridized carbons (Fsp3) is 0.500. The van der Waals surface area contributed by atoms with E-state index >= 15 is 0 Å². The van der Waals surface area contributed by atoms with Crippen molar-refractivity contribution >= 4 is 17.0 Å². The molecule has 3 unspecified atom stereocenters. The third-order valence-electron chi connectivity index (χ3n) is 5.18. The van der Waals surface area contributed by atoms with E-state index in [-0.39, 0.29) is 0 Å². The van der Waals surface area contributed by atoms with Gasteiger partial charge >= 0.3 is 5.97 Å². The van der Waals surface area contributed by atoms with Crippen molar-refractivity contribution in [2.45, 2.75) is 32.2 Å². The van der Waals surface area contributed by atoms with Gasteiger partial charge in [0, 0.05) is 6.54 Å². The first kappa shape index (κ1) is 11.9. The second-order valence-corrected chi connectivity index (χ2v) is 6.34. The normalized spacial score (nSPS) is 28.3. The van der Waals surface area contributed by atoms with Crippen LogP contribution in [-0.4, -0.2) is 20.6 Å². The van der Waals surface area contributed by atoms with Gasteiger partial charge in [0.15, 0.2) is 0 Å². The maximum Gasteiger partial charge on any atom is 0.335 e. The zero-order chi connectivity index (χ0) is 13.7. The molecule has 2 aliphatic carbocycles. The predicted molar refractivity (Wildman–Crippen MR) is 75.6 cm³/mol. The Labute approximate surface area is 117 Å². The Bertz CT molecular complexity index is 676. The number of carboxylic acids is 1. The Morgan fingerprint density at radius 1 is 1.35 bits per heavy atom. The number of aromatic carboxylic acids is 1. The third-order valence-corrected chi connectivity index (χ3v) is 5.18. The number of aromatic nitrogens is 2. The van der Waals surface area contributed by atoms with Crippen LogP contribution >= 0.6 is 0 Å². The van der Waals surface area contributed by atoms with Gasteiger partial charge < -0.3 is 9.67 Å². The van der Waals surface area contributed by atoms with Crippen molar-refractivity contribution < 1.29 is 9.90 Å². The summed E-state index contributed by atoms with van der Waals surface area (Å²) in [5.74, 6) is 1.74. The van der Waals surface area contributed by atoms with Crippen molar-refractivity contribution in [2.75, 3.05) is 0 Å². The highest BCUT2D eigenvalue weighted by molar-refractivity contribution is 5.92. The summed E-state index contributed by atoms with van der Waals surface area (Å²) in [7, 11) is 0. The first-order valence-corrected chi connectivity index (χ1v) is 7.39. The number of benzene rings is 1. The highest BCUT2D eigenvalue weighted by atomic mass is 16.4. The standard InChI is InChI=1S/C16H18N2O2/c19-16(20)12-3-4-15-14(7-12)17-9-18(15)8-13-6-10-1-2-11(13)5-10/h3-4,7,9-11,13H,1-2,5-6,8H2,(H,19,20). The number of carbonyl (C=O) groups is 1. The smallest absolute Gasteiger partial charge is 0.335 e. The number of nitrogens with zero attached hydrogens (tertiary/aromatic N) is 2. The van der Waals surface area contributed by atoms with Gasteiger partial charge in [-0.15, -0.1) is 0 Å². The molecule has 1 heterocycles. The first-order valence-electron chi connectivity index (χ1n) is 7.39. The van der Waals surface area contributed by atoms with Crippen molar-refractivity contribution in [3.05, 3.63) is 30.1 Å². The van der Waals surface area contributed by atoms with Gasteiger partial charge in [-0.1, -0.05) is 6.42 Å². The van der Waals surface area contributed by atoms with Crippen molar-refractivity contribution in [1.29, 1.82) is 0 Å². The second-order valence-electron chi connectivity index (χ2n) is 6.34. The van der Waals surface area contributed by atoms with Gasteiger partial charge in [-0.3, -0.25) is 0 Å². The number of hydrogen-bond acceptors (Lipinski definition) is 2. The molecule has 2 saturated carbocycles. The first-order chi connectivity index (χ1) is 9.70. The maximum atomic E-state index is 11.0. The number of fused-ring (bicyclic) bond motifs is 3. The van der Waals surface area contributed by atoms with Crippen LogP contribution in [0.25, 0.3) is 11.0 Å². The molecule has 4 rings (SSSR count). The van der Waals surface area contributed by atoms with Crippen LogP contribution < -0.4 is 0 Å². The van der Waals surface area contributed by atoms with E-state index in [9.17, 15) is 4.79 Å². The molecule has 2 aliphatic rings. The summed E-state index contributed by atoms with van der Waals surface area (Å²) in [4.78, 5) is 15.3. The fourth-order valence-corrected chi connectivity index (χ4v) is 4.20. The minimum absolute atomic E-state index is 0.308. The molecule has 0 radical (unpaired) electrons. The molecule has 2 fully saturated rings. The van der Waals surface area contributed by atoms with Gasteiger partial charge in [0.2, 0.25) is 0 Å². The largest absolute Gasteiger partial charge is 0.478 e. The van der Waals surface area contributed by atoms with E-state index in [0.29, 0.717) is 5.56 Å². The molecule has 0 saturated heterocycles. The lowest BCUT2D eigenvalue weighted by molar-refractivity contribution is 0.0697. The minimum atomic E-state index is -0.894. The number of rotatable bonds is 3. The van der Waals surface area contributed by atoms with E-state index in [2.05, 4.69) is 9.55 Å². The molecule has 1 aromatic heterocycles. The SMILES string of the molecule is O=C(O)c1ccc2c(c1)ncn2CC1CC2CCC1C2. The van der Waals surface area contributed by atoms with Crippen LogP contribution in [0.5, 0.6) is 0 Å². The zero-order valence-corrected chi connectivity index (χ0v) is 11.3. The molecule has 2 aromatic rings. The molecular formula is C16H18N2O2. The molecular weight excluding hydrogens is 252 g/mol.